The first-order valence-corrected chi connectivity index (χ1v) is 8.37. The smallest absolute Gasteiger partial charge is 0.260 e. The number of fused-ring (bicyclic) bond motifs is 1. The van der Waals surface area contributed by atoms with Gasteiger partial charge in [-0.3, -0.25) is 14.2 Å². The van der Waals surface area contributed by atoms with E-state index in [0.29, 0.717) is 23.0 Å². The summed E-state index contributed by atoms with van der Waals surface area (Å²) in [5.41, 5.74) is 1.59. The standard InChI is InChI=1S/C19H15FN6O2.H2/c1-11-3-4-17(22-7-11)23-19(27)16-6-15(10-26-12(2)24-25-18(16)26)28-14-5-13(20)8-21-9-14;/h3-10H,1-2H3,(H,22,23,27);1H. The molecule has 28 heavy (non-hydrogen) atoms. The summed E-state index contributed by atoms with van der Waals surface area (Å²) in [5, 5.41) is 10.8. The fraction of sp³-hybridized carbons (Fsp3) is 0.105. The lowest BCUT2D eigenvalue weighted by Crippen LogP contribution is -2.14. The Kier molecular flexibility index (Phi) is 4.40. The summed E-state index contributed by atoms with van der Waals surface area (Å²) in [6.45, 7) is 3.65. The first-order chi connectivity index (χ1) is 13.5. The van der Waals surface area contributed by atoms with Gasteiger partial charge in [-0.25, -0.2) is 9.37 Å². The molecule has 0 saturated heterocycles. The molecular weight excluding hydrogens is 363 g/mol. The van der Waals surface area contributed by atoms with Crippen LogP contribution in [0, 0.1) is 19.7 Å². The Morgan fingerprint density at radius 1 is 1.14 bits per heavy atom. The first-order valence-electron chi connectivity index (χ1n) is 8.37. The molecule has 0 aliphatic heterocycles. The number of carbonyl (C=O) groups is 1. The molecule has 0 radical (unpaired) electrons. The number of hydrogen-bond acceptors (Lipinski definition) is 6. The summed E-state index contributed by atoms with van der Waals surface area (Å²) < 4.78 is 20.7. The molecule has 1 amide bonds. The largest absolute Gasteiger partial charge is 0.454 e. The minimum Gasteiger partial charge on any atom is -0.454 e. The van der Waals surface area contributed by atoms with Gasteiger partial charge in [-0.05, 0) is 31.5 Å². The van der Waals surface area contributed by atoms with Crippen LogP contribution in [0.15, 0.2) is 49.1 Å². The lowest BCUT2D eigenvalue weighted by atomic mass is 10.2. The number of amides is 1. The highest BCUT2D eigenvalue weighted by Crippen LogP contribution is 2.25. The molecule has 142 valence electrons. The van der Waals surface area contributed by atoms with Crippen LogP contribution in [0.4, 0.5) is 10.2 Å². The van der Waals surface area contributed by atoms with Crippen molar-refractivity contribution in [1.29, 1.82) is 0 Å². The molecule has 4 heterocycles. The van der Waals surface area contributed by atoms with Crippen molar-refractivity contribution in [2.75, 3.05) is 5.32 Å². The zero-order chi connectivity index (χ0) is 19.7. The van der Waals surface area contributed by atoms with Crippen molar-refractivity contribution >= 4 is 17.4 Å². The van der Waals surface area contributed by atoms with Crippen LogP contribution in [0.5, 0.6) is 11.5 Å². The average Bonchev–Trinajstić information content (AvgIpc) is 3.04. The molecule has 0 bridgehead atoms. The monoisotopic (exact) mass is 380 g/mol. The summed E-state index contributed by atoms with van der Waals surface area (Å²) in [5.74, 6) is 0.548. The van der Waals surface area contributed by atoms with Crippen LogP contribution in [0.2, 0.25) is 0 Å². The second kappa shape index (κ2) is 7.03. The number of ether oxygens (including phenoxy) is 1. The van der Waals surface area contributed by atoms with Crippen molar-refractivity contribution in [2.45, 2.75) is 13.8 Å². The molecule has 1 N–H and O–H groups in total. The fourth-order valence-electron chi connectivity index (χ4n) is 2.61. The van der Waals surface area contributed by atoms with Gasteiger partial charge in [-0.15, -0.1) is 10.2 Å². The Bertz CT molecular complexity index is 1180. The van der Waals surface area contributed by atoms with E-state index < -0.39 is 11.7 Å². The lowest BCUT2D eigenvalue weighted by molar-refractivity contribution is 0.102. The van der Waals surface area contributed by atoms with Gasteiger partial charge in [0.25, 0.3) is 5.91 Å². The highest BCUT2D eigenvalue weighted by atomic mass is 19.1. The number of carbonyl (C=O) groups excluding carboxylic acids is 1. The average molecular weight is 380 g/mol. The van der Waals surface area contributed by atoms with Crippen molar-refractivity contribution in [3.05, 3.63) is 71.8 Å². The number of nitrogens with one attached hydrogen (secondary N) is 1. The molecule has 0 aliphatic rings. The van der Waals surface area contributed by atoms with Crippen molar-refractivity contribution in [3.8, 4) is 11.5 Å². The van der Waals surface area contributed by atoms with E-state index in [-0.39, 0.29) is 12.7 Å². The molecule has 0 saturated carbocycles. The summed E-state index contributed by atoms with van der Waals surface area (Å²) in [7, 11) is 0. The van der Waals surface area contributed by atoms with E-state index in [1.807, 2.05) is 13.0 Å². The molecule has 0 aromatic carbocycles. The van der Waals surface area contributed by atoms with Crippen molar-refractivity contribution in [3.63, 3.8) is 0 Å². The summed E-state index contributed by atoms with van der Waals surface area (Å²) >= 11 is 0. The van der Waals surface area contributed by atoms with Crippen LogP contribution < -0.4 is 10.1 Å². The predicted octanol–water partition coefficient (Wildman–Crippen LogP) is 3.57. The zero-order valence-corrected chi connectivity index (χ0v) is 15.0. The van der Waals surface area contributed by atoms with E-state index in [4.69, 9.17) is 4.74 Å². The van der Waals surface area contributed by atoms with Crippen molar-refractivity contribution in [2.24, 2.45) is 0 Å². The third-order valence-corrected chi connectivity index (χ3v) is 3.96. The highest BCUT2D eigenvalue weighted by molar-refractivity contribution is 6.08. The van der Waals surface area contributed by atoms with Crippen LogP contribution in [0.25, 0.3) is 5.65 Å². The summed E-state index contributed by atoms with van der Waals surface area (Å²) in [6.07, 6.45) is 5.73. The molecule has 0 spiro atoms. The number of hydrogen-bond donors (Lipinski definition) is 1. The number of pyridine rings is 3. The van der Waals surface area contributed by atoms with Gasteiger partial charge < -0.3 is 10.1 Å². The normalized spacial score (nSPS) is 10.8. The highest BCUT2D eigenvalue weighted by Gasteiger charge is 2.17. The second-order valence-corrected chi connectivity index (χ2v) is 6.15. The minimum absolute atomic E-state index is 0. The van der Waals surface area contributed by atoms with E-state index >= 15 is 0 Å². The molecule has 9 heteroatoms. The van der Waals surface area contributed by atoms with Gasteiger partial charge in [-0.1, -0.05) is 6.07 Å². The third kappa shape index (κ3) is 3.50. The molecule has 8 nitrogen and oxygen atoms in total. The van der Waals surface area contributed by atoms with E-state index in [1.165, 1.54) is 18.3 Å². The summed E-state index contributed by atoms with van der Waals surface area (Å²) in [6, 6.07) is 6.26. The number of aromatic nitrogens is 5. The molecule has 4 rings (SSSR count). The Labute approximate surface area is 160 Å². The van der Waals surface area contributed by atoms with Gasteiger partial charge in [0.2, 0.25) is 0 Å². The molecule has 0 fully saturated rings. The SMILES string of the molecule is Cc1ccc(NC(=O)c2cc(Oc3cncc(F)c3)cn3c(C)nnc23)nc1.[HH]. The van der Waals surface area contributed by atoms with Gasteiger partial charge in [0, 0.05) is 13.7 Å². The predicted molar refractivity (Wildman–Crippen MR) is 101 cm³/mol. The van der Waals surface area contributed by atoms with Crippen LogP contribution in [-0.2, 0) is 0 Å². The van der Waals surface area contributed by atoms with Crippen molar-refractivity contribution < 1.29 is 15.3 Å². The molecule has 0 atom stereocenters. The zero-order valence-electron chi connectivity index (χ0n) is 15.0. The van der Waals surface area contributed by atoms with Gasteiger partial charge in [0.05, 0.1) is 24.2 Å². The Balaban J connectivity index is 0.00000240. The van der Waals surface area contributed by atoms with E-state index in [1.54, 1.807) is 29.8 Å². The molecule has 0 aliphatic carbocycles. The van der Waals surface area contributed by atoms with Crippen LogP contribution in [0.3, 0.4) is 0 Å². The molecule has 0 unspecified atom stereocenters. The molecule has 4 aromatic heterocycles. The van der Waals surface area contributed by atoms with Gasteiger partial charge in [-0.2, -0.15) is 0 Å². The minimum atomic E-state index is -0.525. The number of aryl methyl sites for hydroxylation is 2. The fourth-order valence-corrected chi connectivity index (χ4v) is 2.61. The number of anilines is 1. The van der Waals surface area contributed by atoms with Crippen LogP contribution in [-0.4, -0.2) is 30.5 Å². The Morgan fingerprint density at radius 3 is 2.75 bits per heavy atom. The van der Waals surface area contributed by atoms with Crippen LogP contribution >= 0.6 is 0 Å². The Morgan fingerprint density at radius 2 is 2.00 bits per heavy atom. The van der Waals surface area contributed by atoms with Gasteiger partial charge >= 0.3 is 0 Å². The van der Waals surface area contributed by atoms with Gasteiger partial charge in [0.1, 0.15) is 29.0 Å². The maximum Gasteiger partial charge on any atom is 0.260 e. The topological polar surface area (TPSA) is 94.3 Å². The lowest BCUT2D eigenvalue weighted by Gasteiger charge is -2.10. The summed E-state index contributed by atoms with van der Waals surface area (Å²) in [4.78, 5) is 20.7. The molecular formula is C19H17FN6O2. The van der Waals surface area contributed by atoms with E-state index in [9.17, 15) is 9.18 Å². The maximum absolute atomic E-state index is 13.4. The first kappa shape index (κ1) is 17.5. The van der Waals surface area contributed by atoms with E-state index in [2.05, 4.69) is 25.5 Å². The van der Waals surface area contributed by atoms with Crippen LogP contribution in [0.1, 0.15) is 23.2 Å². The maximum atomic E-state index is 13.4. The quantitative estimate of drug-likeness (QED) is 0.582. The number of nitrogens with zero attached hydrogens (tertiary/aromatic N) is 5. The molecule has 4 aromatic rings. The Hall–Kier alpha value is -3.88. The second-order valence-electron chi connectivity index (χ2n) is 6.15. The van der Waals surface area contributed by atoms with Crippen molar-refractivity contribution in [1.82, 2.24) is 24.6 Å². The number of halogens is 1. The third-order valence-electron chi connectivity index (χ3n) is 3.96. The number of rotatable bonds is 4. The van der Waals surface area contributed by atoms with E-state index in [0.717, 1.165) is 11.8 Å². The van der Waals surface area contributed by atoms with Gasteiger partial charge in [0.15, 0.2) is 5.65 Å².